The molecular weight excluding hydrogens is 386 g/mol. The van der Waals surface area contributed by atoms with Crippen LogP contribution in [0.1, 0.15) is 17.3 Å². The molecule has 0 radical (unpaired) electrons. The molecular formula is C22H21N3O3S. The molecule has 0 bridgehead atoms. The van der Waals surface area contributed by atoms with Crippen molar-refractivity contribution in [1.29, 1.82) is 0 Å². The lowest BCUT2D eigenvalue weighted by Gasteiger charge is -2.23. The number of nitrogens with zero attached hydrogens (tertiary/aromatic N) is 1. The minimum Gasteiger partial charge on any atom is -0.353 e. The molecule has 29 heavy (non-hydrogen) atoms. The molecule has 1 amide bonds. The van der Waals surface area contributed by atoms with Crippen LogP contribution >= 0.6 is 0 Å². The molecule has 0 saturated carbocycles. The summed E-state index contributed by atoms with van der Waals surface area (Å²) in [5.41, 5.74) is 4.92. The lowest BCUT2D eigenvalue weighted by atomic mass is 10.00. The maximum Gasteiger partial charge on any atom is 0.257 e. The van der Waals surface area contributed by atoms with Gasteiger partial charge in [0.2, 0.25) is 10.0 Å². The maximum absolute atomic E-state index is 12.6. The van der Waals surface area contributed by atoms with E-state index in [2.05, 4.69) is 10.6 Å². The van der Waals surface area contributed by atoms with E-state index in [1.165, 1.54) is 10.6 Å². The number of anilines is 4. The Morgan fingerprint density at radius 3 is 2.17 bits per heavy atom. The normalized spacial score (nSPS) is 12.8. The first kappa shape index (κ1) is 19.0. The Hall–Kier alpha value is -3.32. The van der Waals surface area contributed by atoms with E-state index >= 15 is 0 Å². The average molecular weight is 407 g/mol. The molecule has 0 unspecified atom stereocenters. The first-order chi connectivity index (χ1) is 13.9. The van der Waals surface area contributed by atoms with Crippen LogP contribution in [0.5, 0.6) is 0 Å². The third-order valence-corrected chi connectivity index (χ3v) is 6.14. The van der Waals surface area contributed by atoms with Gasteiger partial charge in [0, 0.05) is 12.1 Å². The Labute approximate surface area is 170 Å². The predicted molar refractivity (Wildman–Crippen MR) is 117 cm³/mol. The molecule has 0 saturated heterocycles. The Morgan fingerprint density at radius 2 is 1.48 bits per heavy atom. The summed E-state index contributed by atoms with van der Waals surface area (Å²) < 4.78 is 25.9. The van der Waals surface area contributed by atoms with Gasteiger partial charge in [-0.3, -0.25) is 9.10 Å². The molecule has 3 aromatic carbocycles. The highest BCUT2D eigenvalue weighted by Crippen LogP contribution is 2.37. The van der Waals surface area contributed by atoms with Crippen molar-refractivity contribution in [3.05, 3.63) is 72.3 Å². The molecule has 148 valence electrons. The Bertz CT molecular complexity index is 1210. The SMILES string of the molecule is CCN(c1ccccc1-c1ccc2c(c1)Nc1ccccc1NC2=O)S(C)(=O)=O. The van der Waals surface area contributed by atoms with Crippen LogP contribution in [0.4, 0.5) is 22.7 Å². The van der Waals surface area contributed by atoms with Gasteiger partial charge in [-0.1, -0.05) is 36.4 Å². The minimum absolute atomic E-state index is 0.191. The fourth-order valence-electron chi connectivity index (χ4n) is 3.57. The van der Waals surface area contributed by atoms with Gasteiger partial charge in [-0.15, -0.1) is 0 Å². The molecule has 6 nitrogen and oxygen atoms in total. The number of hydrogen-bond acceptors (Lipinski definition) is 4. The molecule has 0 spiro atoms. The number of fused-ring (bicyclic) bond motifs is 2. The smallest absolute Gasteiger partial charge is 0.257 e. The van der Waals surface area contributed by atoms with Gasteiger partial charge in [0.05, 0.1) is 34.6 Å². The number of para-hydroxylation sites is 3. The topological polar surface area (TPSA) is 78.5 Å². The quantitative estimate of drug-likeness (QED) is 0.670. The van der Waals surface area contributed by atoms with E-state index in [0.717, 1.165) is 16.8 Å². The summed E-state index contributed by atoms with van der Waals surface area (Å²) in [5.74, 6) is -0.191. The van der Waals surface area contributed by atoms with E-state index in [1.54, 1.807) is 19.1 Å². The summed E-state index contributed by atoms with van der Waals surface area (Å²) in [4.78, 5) is 12.6. The molecule has 1 aliphatic heterocycles. The van der Waals surface area contributed by atoms with Crippen molar-refractivity contribution in [1.82, 2.24) is 0 Å². The zero-order chi connectivity index (χ0) is 20.6. The Balaban J connectivity index is 1.84. The molecule has 7 heteroatoms. The van der Waals surface area contributed by atoms with E-state index in [0.29, 0.717) is 29.2 Å². The lowest BCUT2D eigenvalue weighted by Crippen LogP contribution is -2.29. The first-order valence-electron chi connectivity index (χ1n) is 9.27. The van der Waals surface area contributed by atoms with Gasteiger partial charge in [-0.2, -0.15) is 0 Å². The number of amides is 1. The van der Waals surface area contributed by atoms with Gasteiger partial charge in [-0.05, 0) is 42.8 Å². The number of carbonyl (C=O) groups excluding carboxylic acids is 1. The highest BCUT2D eigenvalue weighted by molar-refractivity contribution is 7.92. The number of carbonyl (C=O) groups is 1. The van der Waals surface area contributed by atoms with Crippen LogP contribution in [-0.2, 0) is 10.0 Å². The molecule has 4 rings (SSSR count). The molecule has 3 aromatic rings. The maximum atomic E-state index is 12.6. The van der Waals surface area contributed by atoms with E-state index in [9.17, 15) is 13.2 Å². The molecule has 0 aromatic heterocycles. The second-order valence-electron chi connectivity index (χ2n) is 6.83. The number of sulfonamides is 1. The fraction of sp³-hybridized carbons (Fsp3) is 0.136. The van der Waals surface area contributed by atoms with Crippen LogP contribution in [0, 0.1) is 0 Å². The van der Waals surface area contributed by atoms with Gasteiger partial charge < -0.3 is 10.6 Å². The summed E-state index contributed by atoms with van der Waals surface area (Å²) in [6.07, 6.45) is 1.20. The summed E-state index contributed by atoms with van der Waals surface area (Å²) >= 11 is 0. The first-order valence-corrected chi connectivity index (χ1v) is 11.1. The van der Waals surface area contributed by atoms with Crippen molar-refractivity contribution < 1.29 is 13.2 Å². The number of benzene rings is 3. The zero-order valence-electron chi connectivity index (χ0n) is 16.1. The Kier molecular flexibility index (Phi) is 4.76. The number of nitrogens with one attached hydrogen (secondary N) is 2. The molecule has 1 heterocycles. The molecule has 0 aliphatic carbocycles. The van der Waals surface area contributed by atoms with Crippen molar-refractivity contribution in [3.8, 4) is 11.1 Å². The molecule has 2 N–H and O–H groups in total. The number of hydrogen-bond donors (Lipinski definition) is 2. The largest absolute Gasteiger partial charge is 0.353 e. The molecule has 1 aliphatic rings. The molecule has 0 atom stereocenters. The zero-order valence-corrected chi connectivity index (χ0v) is 17.0. The van der Waals surface area contributed by atoms with Gasteiger partial charge in [-0.25, -0.2) is 8.42 Å². The summed E-state index contributed by atoms with van der Waals surface area (Å²) in [7, 11) is -3.42. The third-order valence-electron chi connectivity index (χ3n) is 4.88. The monoisotopic (exact) mass is 407 g/mol. The van der Waals surface area contributed by atoms with Crippen molar-refractivity contribution in [2.45, 2.75) is 6.92 Å². The van der Waals surface area contributed by atoms with Crippen molar-refractivity contribution in [3.63, 3.8) is 0 Å². The standard InChI is InChI=1S/C22H21N3O3S/c1-3-25(29(2,27)28)21-11-7-4-8-16(21)15-12-13-17-20(14-15)23-18-9-5-6-10-19(18)24-22(17)26/h4-14,23H,3H2,1-2H3,(H,24,26). The van der Waals surface area contributed by atoms with Crippen LogP contribution in [0.15, 0.2) is 66.7 Å². The Morgan fingerprint density at radius 1 is 0.828 bits per heavy atom. The van der Waals surface area contributed by atoms with Gasteiger partial charge in [0.25, 0.3) is 5.91 Å². The van der Waals surface area contributed by atoms with E-state index in [1.807, 2.05) is 54.6 Å². The highest BCUT2D eigenvalue weighted by Gasteiger charge is 2.22. The summed E-state index contributed by atoms with van der Waals surface area (Å²) in [6, 6.07) is 20.3. The van der Waals surface area contributed by atoms with E-state index in [-0.39, 0.29) is 5.91 Å². The van der Waals surface area contributed by atoms with Gasteiger partial charge >= 0.3 is 0 Å². The third kappa shape index (κ3) is 3.56. The number of rotatable bonds is 4. The van der Waals surface area contributed by atoms with Crippen molar-refractivity contribution in [2.24, 2.45) is 0 Å². The van der Waals surface area contributed by atoms with Gasteiger partial charge in [0.15, 0.2) is 0 Å². The second-order valence-corrected chi connectivity index (χ2v) is 8.74. The lowest BCUT2D eigenvalue weighted by molar-refractivity contribution is 0.102. The highest BCUT2D eigenvalue weighted by atomic mass is 32.2. The summed E-state index contributed by atoms with van der Waals surface area (Å²) in [6.45, 7) is 2.13. The summed E-state index contributed by atoms with van der Waals surface area (Å²) in [5, 5.41) is 6.23. The minimum atomic E-state index is -3.42. The van der Waals surface area contributed by atoms with Crippen LogP contribution in [-0.4, -0.2) is 27.1 Å². The van der Waals surface area contributed by atoms with E-state index in [4.69, 9.17) is 0 Å². The van der Waals surface area contributed by atoms with Crippen LogP contribution < -0.4 is 14.9 Å². The predicted octanol–water partition coefficient (Wildman–Crippen LogP) is 4.45. The van der Waals surface area contributed by atoms with E-state index < -0.39 is 10.0 Å². The van der Waals surface area contributed by atoms with Crippen LogP contribution in [0.25, 0.3) is 11.1 Å². The average Bonchev–Trinajstić information content (AvgIpc) is 2.83. The van der Waals surface area contributed by atoms with Crippen LogP contribution in [0.3, 0.4) is 0 Å². The van der Waals surface area contributed by atoms with Crippen molar-refractivity contribution >= 4 is 38.7 Å². The molecule has 0 fully saturated rings. The second kappa shape index (κ2) is 7.25. The van der Waals surface area contributed by atoms with Gasteiger partial charge in [0.1, 0.15) is 0 Å². The van der Waals surface area contributed by atoms with Crippen LogP contribution in [0.2, 0.25) is 0 Å². The fourth-order valence-corrected chi connectivity index (χ4v) is 4.55. The van der Waals surface area contributed by atoms with Crippen molar-refractivity contribution in [2.75, 3.05) is 27.7 Å².